The first kappa shape index (κ1) is 17.6. The third-order valence-electron chi connectivity index (χ3n) is 5.11. The molecule has 0 N–H and O–H groups in total. The van der Waals surface area contributed by atoms with Crippen LogP contribution in [-0.4, -0.2) is 36.9 Å². The topological polar surface area (TPSA) is 63.4 Å². The Bertz CT molecular complexity index is 966. The molecule has 0 bridgehead atoms. The summed E-state index contributed by atoms with van der Waals surface area (Å²) in [7, 11) is 0. The largest absolute Gasteiger partial charge is 0.330 e. The second-order valence-corrected chi connectivity index (χ2v) is 7.25. The van der Waals surface area contributed by atoms with Gasteiger partial charge in [0, 0.05) is 6.54 Å². The average molecular weight is 367 g/mol. The van der Waals surface area contributed by atoms with Gasteiger partial charge in [0.2, 0.25) is 0 Å². The third kappa shape index (κ3) is 3.29. The van der Waals surface area contributed by atoms with Gasteiger partial charge in [-0.05, 0) is 48.9 Å². The molecule has 1 aliphatic heterocycles. The molecular formula is C20H22FN5O. The Kier molecular flexibility index (Phi) is 4.59. The van der Waals surface area contributed by atoms with Gasteiger partial charge in [0.05, 0.1) is 11.7 Å². The van der Waals surface area contributed by atoms with Crippen LogP contribution in [0.2, 0.25) is 0 Å². The van der Waals surface area contributed by atoms with Crippen molar-refractivity contribution in [3.8, 4) is 0 Å². The van der Waals surface area contributed by atoms with Gasteiger partial charge in [-0.25, -0.2) is 13.9 Å². The summed E-state index contributed by atoms with van der Waals surface area (Å²) < 4.78 is 15.0. The average Bonchev–Trinajstić information content (AvgIpc) is 3.15. The zero-order chi connectivity index (χ0) is 19.0. The number of hydrogen-bond acceptors (Lipinski definition) is 4. The van der Waals surface area contributed by atoms with E-state index in [1.807, 2.05) is 24.8 Å². The molecule has 140 valence electrons. The summed E-state index contributed by atoms with van der Waals surface area (Å²) >= 11 is 0. The van der Waals surface area contributed by atoms with Crippen LogP contribution in [0.25, 0.3) is 5.78 Å². The summed E-state index contributed by atoms with van der Waals surface area (Å²) in [5, 5.41) is 4.21. The van der Waals surface area contributed by atoms with E-state index in [4.69, 9.17) is 0 Å². The van der Waals surface area contributed by atoms with Gasteiger partial charge in [-0.2, -0.15) is 10.1 Å². The van der Waals surface area contributed by atoms with E-state index in [1.54, 1.807) is 16.6 Å². The molecule has 27 heavy (non-hydrogen) atoms. The van der Waals surface area contributed by atoms with Crippen molar-refractivity contribution in [2.24, 2.45) is 0 Å². The summed E-state index contributed by atoms with van der Waals surface area (Å²) in [5.74, 6) is 0.224. The molecular weight excluding hydrogens is 345 g/mol. The molecule has 3 heterocycles. The van der Waals surface area contributed by atoms with Gasteiger partial charge >= 0.3 is 0 Å². The lowest BCUT2D eigenvalue weighted by Gasteiger charge is -2.36. The summed E-state index contributed by atoms with van der Waals surface area (Å²) in [4.78, 5) is 23.8. The third-order valence-corrected chi connectivity index (χ3v) is 5.11. The number of aromatic nitrogens is 4. The summed E-state index contributed by atoms with van der Waals surface area (Å²) in [6.45, 7) is 4.76. The number of halogens is 1. The predicted molar refractivity (Wildman–Crippen MR) is 98.9 cm³/mol. The fourth-order valence-electron chi connectivity index (χ4n) is 3.71. The molecule has 0 aliphatic carbocycles. The lowest BCUT2D eigenvalue weighted by Crippen LogP contribution is -2.39. The van der Waals surface area contributed by atoms with Crippen LogP contribution >= 0.6 is 0 Å². The fourth-order valence-corrected chi connectivity index (χ4v) is 3.71. The van der Waals surface area contributed by atoms with Crippen molar-refractivity contribution in [1.82, 2.24) is 24.5 Å². The van der Waals surface area contributed by atoms with E-state index < -0.39 is 0 Å². The first-order valence-corrected chi connectivity index (χ1v) is 9.31. The molecule has 0 radical (unpaired) electrons. The highest BCUT2D eigenvalue weighted by atomic mass is 19.1. The first-order valence-electron chi connectivity index (χ1n) is 9.31. The van der Waals surface area contributed by atoms with Crippen molar-refractivity contribution >= 4 is 11.7 Å². The van der Waals surface area contributed by atoms with Gasteiger partial charge in [0.1, 0.15) is 17.8 Å². The summed E-state index contributed by atoms with van der Waals surface area (Å²) in [6.07, 6.45) is 4.31. The maximum Gasteiger partial charge on any atom is 0.273 e. The van der Waals surface area contributed by atoms with Crippen molar-refractivity contribution in [2.45, 2.75) is 45.1 Å². The van der Waals surface area contributed by atoms with E-state index in [-0.39, 0.29) is 23.7 Å². The predicted octanol–water partition coefficient (Wildman–Crippen LogP) is 3.75. The molecule has 2 aromatic heterocycles. The smallest absolute Gasteiger partial charge is 0.273 e. The van der Waals surface area contributed by atoms with Crippen LogP contribution in [0.5, 0.6) is 0 Å². The molecule has 6 nitrogen and oxygen atoms in total. The van der Waals surface area contributed by atoms with E-state index in [9.17, 15) is 9.18 Å². The van der Waals surface area contributed by atoms with Gasteiger partial charge in [-0.3, -0.25) is 4.79 Å². The van der Waals surface area contributed by atoms with Crippen molar-refractivity contribution in [3.05, 3.63) is 59.4 Å². The molecule has 4 rings (SSSR count). The van der Waals surface area contributed by atoms with Crippen LogP contribution in [0.1, 0.15) is 66.8 Å². The Balaban J connectivity index is 1.71. The van der Waals surface area contributed by atoms with Gasteiger partial charge in [-0.15, -0.1) is 0 Å². The Morgan fingerprint density at radius 2 is 2.00 bits per heavy atom. The molecule has 1 atom stereocenters. The van der Waals surface area contributed by atoms with E-state index in [0.717, 1.165) is 30.5 Å². The Morgan fingerprint density at radius 1 is 1.22 bits per heavy atom. The number of rotatable bonds is 3. The molecule has 0 spiro atoms. The molecule has 1 aliphatic rings. The number of carbonyl (C=O) groups excluding carboxylic acids is 1. The number of likely N-dealkylation sites (tertiary alicyclic amines) is 1. The van der Waals surface area contributed by atoms with Gasteiger partial charge in [-0.1, -0.05) is 26.0 Å². The zero-order valence-electron chi connectivity index (χ0n) is 15.5. The quantitative estimate of drug-likeness (QED) is 0.707. The van der Waals surface area contributed by atoms with Gasteiger partial charge < -0.3 is 4.90 Å². The van der Waals surface area contributed by atoms with Crippen LogP contribution in [-0.2, 0) is 0 Å². The zero-order valence-corrected chi connectivity index (χ0v) is 15.5. The van der Waals surface area contributed by atoms with Crippen LogP contribution in [0.15, 0.2) is 36.7 Å². The maximum atomic E-state index is 13.3. The summed E-state index contributed by atoms with van der Waals surface area (Å²) in [5.41, 5.74) is 2.24. The van der Waals surface area contributed by atoms with Crippen LogP contribution in [0.4, 0.5) is 4.39 Å². The van der Waals surface area contributed by atoms with Crippen LogP contribution < -0.4 is 0 Å². The minimum atomic E-state index is -0.270. The molecule has 1 amide bonds. The van der Waals surface area contributed by atoms with E-state index >= 15 is 0 Å². The number of amides is 1. The molecule has 1 fully saturated rings. The molecule has 1 saturated heterocycles. The SMILES string of the molecule is CC(C)c1cc(C(=O)N2CCCCC2c2ccc(F)cc2)nc2ncnn12. The normalized spacial score (nSPS) is 17.6. The van der Waals surface area contributed by atoms with E-state index in [1.165, 1.54) is 18.5 Å². The number of piperidine rings is 1. The maximum absolute atomic E-state index is 13.3. The summed E-state index contributed by atoms with van der Waals surface area (Å²) in [6, 6.07) is 8.17. The molecule has 3 aromatic rings. The van der Waals surface area contributed by atoms with E-state index in [0.29, 0.717) is 18.0 Å². The number of fused-ring (bicyclic) bond motifs is 1. The number of nitrogens with zero attached hydrogens (tertiary/aromatic N) is 5. The minimum absolute atomic E-state index is 0.0646. The lowest BCUT2D eigenvalue weighted by molar-refractivity contribution is 0.0605. The number of benzene rings is 1. The van der Waals surface area contributed by atoms with Crippen LogP contribution in [0.3, 0.4) is 0 Å². The molecule has 1 unspecified atom stereocenters. The highest BCUT2D eigenvalue weighted by Gasteiger charge is 2.30. The second-order valence-electron chi connectivity index (χ2n) is 7.25. The Hall–Kier alpha value is -2.83. The Labute approximate surface area is 157 Å². The number of hydrogen-bond donors (Lipinski definition) is 0. The molecule has 1 aromatic carbocycles. The highest BCUT2D eigenvalue weighted by Crippen LogP contribution is 2.32. The highest BCUT2D eigenvalue weighted by molar-refractivity contribution is 5.93. The van der Waals surface area contributed by atoms with Gasteiger partial charge in [0.25, 0.3) is 11.7 Å². The second kappa shape index (κ2) is 7.06. The molecule has 7 heteroatoms. The standard InChI is InChI=1S/C20H22FN5O/c1-13(2)18-11-16(24-20-22-12-23-26(18)20)19(27)25-10-4-3-5-17(25)14-6-8-15(21)9-7-14/h6-9,11-13,17H,3-5,10H2,1-2H3. The van der Waals surface area contributed by atoms with Crippen molar-refractivity contribution in [3.63, 3.8) is 0 Å². The monoisotopic (exact) mass is 367 g/mol. The van der Waals surface area contributed by atoms with Crippen molar-refractivity contribution in [2.75, 3.05) is 6.54 Å². The van der Waals surface area contributed by atoms with E-state index in [2.05, 4.69) is 15.1 Å². The van der Waals surface area contributed by atoms with Crippen LogP contribution in [0, 0.1) is 5.82 Å². The Morgan fingerprint density at radius 3 is 2.74 bits per heavy atom. The van der Waals surface area contributed by atoms with Gasteiger partial charge in [0.15, 0.2) is 0 Å². The number of carbonyl (C=O) groups is 1. The fraction of sp³-hybridized carbons (Fsp3) is 0.400. The van der Waals surface area contributed by atoms with Crippen molar-refractivity contribution < 1.29 is 9.18 Å². The minimum Gasteiger partial charge on any atom is -0.330 e. The van der Waals surface area contributed by atoms with Crippen molar-refractivity contribution in [1.29, 1.82) is 0 Å². The lowest BCUT2D eigenvalue weighted by atomic mass is 9.94. The first-order chi connectivity index (χ1) is 13.0. The molecule has 0 saturated carbocycles.